The van der Waals surface area contributed by atoms with Crippen molar-refractivity contribution >= 4 is 5.91 Å². The molecule has 122 valence electrons. The second-order valence-electron chi connectivity index (χ2n) is 7.04. The fraction of sp³-hybridized carbons (Fsp3) is 0.933. The minimum Gasteiger partial charge on any atom is -0.368 e. The molecule has 0 radical (unpaired) electrons. The minimum atomic E-state index is -0.590. The maximum atomic E-state index is 11.8. The van der Waals surface area contributed by atoms with E-state index in [0.717, 1.165) is 45.8 Å². The van der Waals surface area contributed by atoms with Gasteiger partial charge < -0.3 is 10.6 Å². The summed E-state index contributed by atoms with van der Waals surface area (Å²) in [5.74, 6) is -0.232. The lowest BCUT2D eigenvalue weighted by Crippen LogP contribution is -2.62. The Bertz CT molecular complexity index is 350. The van der Waals surface area contributed by atoms with Gasteiger partial charge in [-0.2, -0.15) is 0 Å². The van der Waals surface area contributed by atoms with Gasteiger partial charge >= 0.3 is 0 Å². The highest BCUT2D eigenvalue weighted by Crippen LogP contribution is 2.23. The van der Waals surface area contributed by atoms with Crippen molar-refractivity contribution in [1.29, 1.82) is 0 Å². The summed E-state index contributed by atoms with van der Waals surface area (Å²) in [5, 5.41) is 3.43. The van der Waals surface area contributed by atoms with Crippen molar-refractivity contribution in [2.75, 3.05) is 59.9 Å². The molecule has 2 aliphatic rings. The van der Waals surface area contributed by atoms with E-state index in [4.69, 9.17) is 5.73 Å². The molecule has 6 heteroatoms. The van der Waals surface area contributed by atoms with Crippen LogP contribution in [0.25, 0.3) is 0 Å². The molecular formula is C15H31N5O. The van der Waals surface area contributed by atoms with Crippen molar-refractivity contribution in [3.63, 3.8) is 0 Å². The van der Waals surface area contributed by atoms with Gasteiger partial charge in [0.15, 0.2) is 0 Å². The summed E-state index contributed by atoms with van der Waals surface area (Å²) in [5.41, 5.74) is 5.04. The number of nitrogens with one attached hydrogen (secondary N) is 1. The van der Waals surface area contributed by atoms with Crippen LogP contribution in [0.3, 0.4) is 0 Å². The van der Waals surface area contributed by atoms with E-state index in [-0.39, 0.29) is 5.91 Å². The van der Waals surface area contributed by atoms with E-state index in [1.807, 2.05) is 6.92 Å². The van der Waals surface area contributed by atoms with Crippen LogP contribution in [0, 0.1) is 0 Å². The maximum absolute atomic E-state index is 11.8. The molecule has 1 saturated carbocycles. The summed E-state index contributed by atoms with van der Waals surface area (Å²) in [6, 6.07) is 0.490. The highest BCUT2D eigenvalue weighted by Gasteiger charge is 2.38. The molecule has 0 bridgehead atoms. The molecular weight excluding hydrogens is 266 g/mol. The van der Waals surface area contributed by atoms with E-state index in [1.165, 1.54) is 12.8 Å². The van der Waals surface area contributed by atoms with Crippen LogP contribution in [-0.4, -0.2) is 92.1 Å². The number of piperazine rings is 1. The average Bonchev–Trinajstić information content (AvgIpc) is 3.21. The Labute approximate surface area is 128 Å². The van der Waals surface area contributed by atoms with Gasteiger partial charge in [-0.15, -0.1) is 0 Å². The van der Waals surface area contributed by atoms with E-state index < -0.39 is 5.54 Å². The molecule has 21 heavy (non-hydrogen) atoms. The number of hydrogen-bond acceptors (Lipinski definition) is 5. The molecule has 1 saturated heterocycles. The fourth-order valence-corrected chi connectivity index (χ4v) is 2.83. The third-order valence-electron chi connectivity index (χ3n) is 4.51. The van der Waals surface area contributed by atoms with Gasteiger partial charge in [0, 0.05) is 51.9 Å². The van der Waals surface area contributed by atoms with Crippen LogP contribution in [0.2, 0.25) is 0 Å². The van der Waals surface area contributed by atoms with Gasteiger partial charge in [0.25, 0.3) is 0 Å². The Morgan fingerprint density at radius 3 is 2.29 bits per heavy atom. The monoisotopic (exact) mass is 297 g/mol. The summed E-state index contributed by atoms with van der Waals surface area (Å²) in [6.07, 6.45) is 2.34. The Kier molecular flexibility index (Phi) is 5.60. The topological polar surface area (TPSA) is 64.8 Å². The Morgan fingerprint density at radius 2 is 1.81 bits per heavy atom. The lowest BCUT2D eigenvalue weighted by molar-refractivity contribution is -0.124. The summed E-state index contributed by atoms with van der Waals surface area (Å²) in [4.78, 5) is 18.9. The van der Waals surface area contributed by atoms with Gasteiger partial charge in [0.2, 0.25) is 5.91 Å². The Balaban J connectivity index is 1.77. The predicted octanol–water partition coefficient (Wildman–Crippen LogP) is -0.838. The zero-order valence-corrected chi connectivity index (χ0v) is 13.8. The SMILES string of the molecule is CN(C)CCN1CCN(CC(C)(NC2CC2)C(N)=O)CC1. The molecule has 1 atom stereocenters. The normalized spacial score (nSPS) is 24.2. The highest BCUT2D eigenvalue weighted by molar-refractivity contribution is 5.84. The van der Waals surface area contributed by atoms with Crippen LogP contribution in [-0.2, 0) is 4.79 Å². The fourth-order valence-electron chi connectivity index (χ4n) is 2.83. The number of rotatable bonds is 8. The molecule has 1 unspecified atom stereocenters. The van der Waals surface area contributed by atoms with E-state index in [1.54, 1.807) is 0 Å². The maximum Gasteiger partial charge on any atom is 0.238 e. The first-order valence-corrected chi connectivity index (χ1v) is 8.06. The summed E-state index contributed by atoms with van der Waals surface area (Å²) >= 11 is 0. The van der Waals surface area contributed by atoms with Crippen molar-refractivity contribution in [3.05, 3.63) is 0 Å². The van der Waals surface area contributed by atoms with E-state index in [9.17, 15) is 4.79 Å². The quantitative estimate of drug-likeness (QED) is 0.612. The van der Waals surface area contributed by atoms with Crippen molar-refractivity contribution in [1.82, 2.24) is 20.0 Å². The van der Waals surface area contributed by atoms with Gasteiger partial charge in [0.05, 0.1) is 0 Å². The van der Waals surface area contributed by atoms with Gasteiger partial charge in [-0.25, -0.2) is 0 Å². The van der Waals surface area contributed by atoms with Crippen LogP contribution in [0.5, 0.6) is 0 Å². The standard InChI is InChI=1S/C15H31N5O/c1-15(14(16)21,17-13-4-5-13)12-20-10-8-19(9-11-20)7-6-18(2)3/h13,17H,4-12H2,1-3H3,(H2,16,21). The third kappa shape index (κ3) is 5.21. The summed E-state index contributed by atoms with van der Waals surface area (Å²) in [7, 11) is 4.22. The van der Waals surface area contributed by atoms with E-state index >= 15 is 0 Å². The van der Waals surface area contributed by atoms with Crippen molar-refractivity contribution in [3.8, 4) is 0 Å². The summed E-state index contributed by atoms with van der Waals surface area (Å²) < 4.78 is 0. The number of nitrogens with zero attached hydrogens (tertiary/aromatic N) is 3. The number of hydrogen-bond donors (Lipinski definition) is 2. The third-order valence-corrected chi connectivity index (χ3v) is 4.51. The molecule has 2 rings (SSSR count). The number of primary amides is 1. The second kappa shape index (κ2) is 7.05. The predicted molar refractivity (Wildman–Crippen MR) is 85.2 cm³/mol. The minimum absolute atomic E-state index is 0.232. The number of nitrogens with two attached hydrogens (primary N) is 1. The van der Waals surface area contributed by atoms with E-state index in [0.29, 0.717) is 6.04 Å². The second-order valence-corrected chi connectivity index (χ2v) is 7.04. The first-order valence-electron chi connectivity index (χ1n) is 8.06. The molecule has 1 amide bonds. The molecule has 3 N–H and O–H groups in total. The summed E-state index contributed by atoms with van der Waals surface area (Å²) in [6.45, 7) is 9.08. The molecule has 0 aromatic carbocycles. The molecule has 6 nitrogen and oxygen atoms in total. The van der Waals surface area contributed by atoms with Gasteiger partial charge in [-0.1, -0.05) is 0 Å². The highest BCUT2D eigenvalue weighted by atomic mass is 16.1. The number of carbonyl (C=O) groups is 1. The molecule has 1 aliphatic heterocycles. The van der Waals surface area contributed by atoms with Crippen LogP contribution in [0.15, 0.2) is 0 Å². The molecule has 2 fully saturated rings. The Hall–Kier alpha value is -0.690. The number of amides is 1. The van der Waals surface area contributed by atoms with Crippen molar-refractivity contribution in [2.45, 2.75) is 31.3 Å². The number of carbonyl (C=O) groups excluding carboxylic acids is 1. The average molecular weight is 297 g/mol. The zero-order valence-electron chi connectivity index (χ0n) is 13.8. The molecule has 0 spiro atoms. The van der Waals surface area contributed by atoms with E-state index in [2.05, 4.69) is 34.1 Å². The lowest BCUT2D eigenvalue weighted by Gasteiger charge is -2.39. The van der Waals surface area contributed by atoms with Crippen LogP contribution >= 0.6 is 0 Å². The first kappa shape index (κ1) is 16.7. The van der Waals surface area contributed by atoms with Crippen LogP contribution in [0.1, 0.15) is 19.8 Å². The number of likely N-dealkylation sites (N-methyl/N-ethyl adjacent to an activating group) is 1. The van der Waals surface area contributed by atoms with Crippen LogP contribution in [0.4, 0.5) is 0 Å². The molecule has 0 aromatic heterocycles. The lowest BCUT2D eigenvalue weighted by atomic mass is 10.00. The largest absolute Gasteiger partial charge is 0.368 e. The molecule has 1 heterocycles. The van der Waals surface area contributed by atoms with Gasteiger partial charge in [-0.3, -0.25) is 19.9 Å². The van der Waals surface area contributed by atoms with Crippen molar-refractivity contribution < 1.29 is 4.79 Å². The van der Waals surface area contributed by atoms with Gasteiger partial charge in [-0.05, 0) is 33.9 Å². The first-order chi connectivity index (χ1) is 9.89. The zero-order chi connectivity index (χ0) is 15.5. The van der Waals surface area contributed by atoms with Gasteiger partial charge in [0.1, 0.15) is 5.54 Å². The molecule has 0 aromatic rings. The Morgan fingerprint density at radius 1 is 1.24 bits per heavy atom. The van der Waals surface area contributed by atoms with Crippen molar-refractivity contribution in [2.24, 2.45) is 5.73 Å². The smallest absolute Gasteiger partial charge is 0.238 e. The van der Waals surface area contributed by atoms with Crippen LogP contribution < -0.4 is 11.1 Å². The molecule has 1 aliphatic carbocycles.